The lowest BCUT2D eigenvalue weighted by Crippen LogP contribution is -2.39. The summed E-state index contributed by atoms with van der Waals surface area (Å²) < 4.78 is 47.3. The Balaban J connectivity index is 2.11. The third-order valence-corrected chi connectivity index (χ3v) is 6.71. The minimum Gasteiger partial charge on any atom is -0.496 e. The molecule has 0 fully saturated rings. The van der Waals surface area contributed by atoms with Gasteiger partial charge in [-0.2, -0.15) is 0 Å². The van der Waals surface area contributed by atoms with Gasteiger partial charge in [-0.05, 0) is 53.4 Å². The van der Waals surface area contributed by atoms with Crippen LogP contribution in [0.5, 0.6) is 5.75 Å². The smallest absolute Gasteiger partial charge is 0.243 e. The number of nitrogens with zero attached hydrogens (tertiary/aromatic N) is 1. The van der Waals surface area contributed by atoms with Gasteiger partial charge in [0.15, 0.2) is 0 Å². The zero-order chi connectivity index (χ0) is 19.4. The van der Waals surface area contributed by atoms with Crippen molar-refractivity contribution < 1.29 is 17.5 Å². The van der Waals surface area contributed by atoms with E-state index < -0.39 is 16.7 Å². The number of sulfonamides is 1. The van der Waals surface area contributed by atoms with Crippen LogP contribution in [0.25, 0.3) is 0 Å². The number of alkyl halides is 1. The fraction of sp³-hybridized carbons (Fsp3) is 0.368. The van der Waals surface area contributed by atoms with Crippen LogP contribution in [0, 0.1) is 0 Å². The molecule has 0 aromatic heterocycles. The van der Waals surface area contributed by atoms with Gasteiger partial charge in [0.2, 0.25) is 10.0 Å². The van der Waals surface area contributed by atoms with Crippen molar-refractivity contribution in [2.45, 2.75) is 30.2 Å². The number of halogens is 2. The molecule has 27 heavy (non-hydrogen) atoms. The minimum absolute atomic E-state index is 0.166. The molecule has 2 aromatic carbocycles. The number of nitrogens with one attached hydrogen (secondary N) is 1. The molecular formula is C19H22BrFN2O3S. The van der Waals surface area contributed by atoms with Crippen LogP contribution in [0.4, 0.5) is 15.8 Å². The molecule has 0 bridgehead atoms. The normalized spacial score (nSPS) is 18.6. The van der Waals surface area contributed by atoms with Crippen LogP contribution in [0.3, 0.4) is 0 Å². The number of hydrogen-bond donors (Lipinski definition) is 1. The van der Waals surface area contributed by atoms with Crippen LogP contribution < -0.4 is 14.4 Å². The van der Waals surface area contributed by atoms with Gasteiger partial charge in [-0.15, -0.1) is 0 Å². The second-order valence-electron chi connectivity index (χ2n) is 6.40. The van der Waals surface area contributed by atoms with E-state index in [0.717, 1.165) is 5.69 Å². The molecule has 1 aliphatic heterocycles. The first-order valence-corrected chi connectivity index (χ1v) is 11.0. The predicted molar refractivity (Wildman–Crippen MR) is 108 cm³/mol. The first-order valence-electron chi connectivity index (χ1n) is 8.74. The summed E-state index contributed by atoms with van der Waals surface area (Å²) in [5.41, 5.74) is 1.47. The van der Waals surface area contributed by atoms with Crippen molar-refractivity contribution in [3.8, 4) is 5.75 Å². The van der Waals surface area contributed by atoms with Crippen molar-refractivity contribution in [2.24, 2.45) is 0 Å². The van der Waals surface area contributed by atoms with Gasteiger partial charge in [0, 0.05) is 24.3 Å². The molecule has 146 valence electrons. The molecule has 1 unspecified atom stereocenters. The minimum atomic E-state index is -3.74. The van der Waals surface area contributed by atoms with Crippen molar-refractivity contribution in [3.05, 3.63) is 46.9 Å². The third-order valence-electron chi connectivity index (χ3n) is 4.54. The Morgan fingerprint density at radius 1 is 1.26 bits per heavy atom. The van der Waals surface area contributed by atoms with Gasteiger partial charge in [0.05, 0.1) is 23.9 Å². The number of para-hydroxylation sites is 1. The van der Waals surface area contributed by atoms with E-state index in [1.165, 1.54) is 13.2 Å². The summed E-state index contributed by atoms with van der Waals surface area (Å²) in [7, 11) is -2.24. The summed E-state index contributed by atoms with van der Waals surface area (Å²) in [5, 5.41) is 0. The molecule has 0 aliphatic carbocycles. The van der Waals surface area contributed by atoms with E-state index in [-0.39, 0.29) is 10.9 Å². The molecule has 0 saturated carbocycles. The van der Waals surface area contributed by atoms with Crippen molar-refractivity contribution in [1.29, 1.82) is 0 Å². The molecule has 1 heterocycles. The van der Waals surface area contributed by atoms with Crippen LogP contribution in [-0.4, -0.2) is 34.8 Å². The van der Waals surface area contributed by atoms with Gasteiger partial charge in [0.1, 0.15) is 10.6 Å². The molecular weight excluding hydrogens is 435 g/mol. The first-order chi connectivity index (χ1) is 13.0. The van der Waals surface area contributed by atoms with Crippen molar-refractivity contribution in [1.82, 2.24) is 4.72 Å². The topological polar surface area (TPSA) is 58.6 Å². The zero-order valence-electron chi connectivity index (χ0n) is 15.0. The van der Waals surface area contributed by atoms with Gasteiger partial charge in [-0.1, -0.05) is 18.2 Å². The number of fused-ring (bicyclic) bond motifs is 1. The zero-order valence-corrected chi connectivity index (χ0v) is 17.4. The van der Waals surface area contributed by atoms with Crippen molar-refractivity contribution in [2.75, 3.05) is 25.2 Å². The summed E-state index contributed by atoms with van der Waals surface area (Å²) in [6.45, 7) is 0.0630. The largest absolute Gasteiger partial charge is 0.496 e. The van der Waals surface area contributed by atoms with E-state index in [2.05, 4.69) is 20.7 Å². The molecule has 0 saturated heterocycles. The summed E-state index contributed by atoms with van der Waals surface area (Å²) >= 11 is 3.46. The lowest BCUT2D eigenvalue weighted by Gasteiger charge is -2.27. The van der Waals surface area contributed by atoms with Crippen LogP contribution in [-0.2, 0) is 10.0 Å². The Morgan fingerprint density at radius 2 is 2.00 bits per heavy atom. The third kappa shape index (κ3) is 4.44. The molecule has 0 radical (unpaired) electrons. The van der Waals surface area contributed by atoms with Gasteiger partial charge in [-0.3, -0.25) is 4.39 Å². The molecule has 0 spiro atoms. The molecule has 8 heteroatoms. The monoisotopic (exact) mass is 456 g/mol. The van der Waals surface area contributed by atoms with E-state index in [9.17, 15) is 12.8 Å². The highest BCUT2D eigenvalue weighted by atomic mass is 79.9. The number of anilines is 2. The maximum absolute atomic E-state index is 13.0. The standard InChI is InChI=1S/C19H22BrFN2O3S/c1-26-18-12-19-17(11-16(18)20)23(15-8-3-2-4-9-15)13-14(7-5-6-10-21)22-27(19,24)25/h2-4,8-9,11-12,14,22H,5-7,10,13H2,1H3. The van der Waals surface area contributed by atoms with Crippen LogP contribution in [0.2, 0.25) is 0 Å². The molecule has 1 aliphatic rings. The number of hydrogen-bond acceptors (Lipinski definition) is 4. The Kier molecular flexibility index (Phi) is 6.39. The lowest BCUT2D eigenvalue weighted by atomic mass is 10.1. The van der Waals surface area contributed by atoms with Crippen molar-refractivity contribution in [3.63, 3.8) is 0 Å². The van der Waals surface area contributed by atoms with Crippen LogP contribution in [0.1, 0.15) is 19.3 Å². The van der Waals surface area contributed by atoms with Crippen molar-refractivity contribution >= 4 is 37.3 Å². The molecule has 5 nitrogen and oxygen atoms in total. The molecule has 2 aromatic rings. The van der Waals surface area contributed by atoms with E-state index >= 15 is 0 Å². The highest BCUT2D eigenvalue weighted by Gasteiger charge is 2.32. The van der Waals surface area contributed by atoms with Gasteiger partial charge < -0.3 is 9.64 Å². The average molecular weight is 457 g/mol. The fourth-order valence-corrected chi connectivity index (χ4v) is 5.19. The lowest BCUT2D eigenvalue weighted by molar-refractivity contribution is 0.411. The Morgan fingerprint density at radius 3 is 2.67 bits per heavy atom. The van der Waals surface area contributed by atoms with Gasteiger partial charge >= 0.3 is 0 Å². The van der Waals surface area contributed by atoms with E-state index in [1.807, 2.05) is 35.2 Å². The molecule has 1 atom stereocenters. The Hall–Kier alpha value is -1.64. The maximum Gasteiger partial charge on any atom is 0.243 e. The Bertz CT molecular complexity index is 893. The second kappa shape index (κ2) is 8.58. The van der Waals surface area contributed by atoms with Crippen LogP contribution in [0.15, 0.2) is 51.8 Å². The molecule has 3 rings (SSSR count). The quantitative estimate of drug-likeness (QED) is 0.654. The summed E-state index contributed by atoms with van der Waals surface area (Å²) in [6.07, 6.45) is 1.62. The number of benzene rings is 2. The summed E-state index contributed by atoms with van der Waals surface area (Å²) in [4.78, 5) is 2.15. The van der Waals surface area contributed by atoms with E-state index in [0.29, 0.717) is 41.7 Å². The second-order valence-corrected chi connectivity index (χ2v) is 8.94. The highest BCUT2D eigenvalue weighted by molar-refractivity contribution is 9.10. The number of unbranched alkanes of at least 4 members (excludes halogenated alkanes) is 1. The van der Waals surface area contributed by atoms with E-state index in [1.54, 1.807) is 6.07 Å². The summed E-state index contributed by atoms with van der Waals surface area (Å²) in [6, 6.07) is 12.6. The van der Waals surface area contributed by atoms with E-state index in [4.69, 9.17) is 4.74 Å². The average Bonchev–Trinajstić information content (AvgIpc) is 2.76. The molecule has 1 N–H and O–H groups in total. The van der Waals surface area contributed by atoms with Gasteiger partial charge in [-0.25, -0.2) is 13.1 Å². The number of ether oxygens (including phenoxy) is 1. The first kappa shape index (κ1) is 20.1. The summed E-state index contributed by atoms with van der Waals surface area (Å²) in [5.74, 6) is 0.447. The Labute approximate surface area is 167 Å². The highest BCUT2D eigenvalue weighted by Crippen LogP contribution is 2.40. The number of rotatable bonds is 6. The fourth-order valence-electron chi connectivity index (χ4n) is 3.23. The maximum atomic E-state index is 13.0. The van der Waals surface area contributed by atoms with Gasteiger partial charge in [0.25, 0.3) is 0 Å². The van der Waals surface area contributed by atoms with Crippen LogP contribution >= 0.6 is 15.9 Å². The number of methoxy groups -OCH3 is 1. The molecule has 0 amide bonds. The SMILES string of the molecule is COc1cc2c(cc1Br)N(c1ccccc1)CC(CCCCF)NS2(=O)=O. The predicted octanol–water partition coefficient (Wildman–Crippen LogP) is 4.40.